The fraction of sp³-hybridized carbons (Fsp3) is 0.167. The second-order valence-electron chi connectivity index (χ2n) is 5.69. The van der Waals surface area contributed by atoms with Crippen molar-refractivity contribution in [1.29, 1.82) is 0 Å². The summed E-state index contributed by atoms with van der Waals surface area (Å²) >= 11 is 5.50. The summed E-state index contributed by atoms with van der Waals surface area (Å²) in [5.74, 6) is -0.588. The fourth-order valence-electron chi connectivity index (χ4n) is 2.61. The van der Waals surface area contributed by atoms with Gasteiger partial charge in [0.05, 0.1) is 11.1 Å². The molecule has 0 saturated heterocycles. The van der Waals surface area contributed by atoms with Crippen molar-refractivity contribution in [3.8, 4) is 0 Å². The number of nitrogens with one attached hydrogen (secondary N) is 2. The van der Waals surface area contributed by atoms with Crippen LogP contribution in [0.4, 0.5) is 10.5 Å². The van der Waals surface area contributed by atoms with Crippen molar-refractivity contribution in [2.45, 2.75) is 6.42 Å². The smallest absolute Gasteiger partial charge is 0.319 e. The van der Waals surface area contributed by atoms with Gasteiger partial charge in [0.15, 0.2) is 0 Å². The fourth-order valence-corrected chi connectivity index (χ4v) is 3.33. The number of halogens is 2. The minimum Gasteiger partial charge on any atom is -0.338 e. The van der Waals surface area contributed by atoms with Crippen LogP contribution in [0.2, 0.25) is 0 Å². The van der Waals surface area contributed by atoms with Crippen molar-refractivity contribution in [1.82, 2.24) is 10.2 Å². The SMILES string of the molecule is O=C(NCCCN1C(=O)c2ccc(Br)cc2C1=O)Nc1ccc(I)cc1. The van der Waals surface area contributed by atoms with Gasteiger partial charge in [0, 0.05) is 26.8 Å². The summed E-state index contributed by atoms with van der Waals surface area (Å²) in [5, 5.41) is 5.45. The average molecular weight is 528 g/mol. The topological polar surface area (TPSA) is 78.5 Å². The van der Waals surface area contributed by atoms with Gasteiger partial charge in [-0.1, -0.05) is 15.9 Å². The highest BCUT2D eigenvalue weighted by atomic mass is 127. The molecule has 1 heterocycles. The third-order valence-corrected chi connectivity index (χ3v) is 5.09. The van der Waals surface area contributed by atoms with Crippen molar-refractivity contribution in [3.63, 3.8) is 0 Å². The number of rotatable bonds is 5. The molecule has 0 saturated carbocycles. The average Bonchev–Trinajstić information content (AvgIpc) is 2.84. The number of hydrogen-bond acceptors (Lipinski definition) is 3. The lowest BCUT2D eigenvalue weighted by Crippen LogP contribution is -2.35. The van der Waals surface area contributed by atoms with Crippen molar-refractivity contribution in [3.05, 3.63) is 61.6 Å². The maximum atomic E-state index is 12.3. The Bertz CT molecular complexity index is 870. The minimum atomic E-state index is -0.322. The van der Waals surface area contributed by atoms with Crippen LogP contribution in [0.25, 0.3) is 0 Å². The zero-order valence-corrected chi connectivity index (χ0v) is 17.3. The highest BCUT2D eigenvalue weighted by Crippen LogP contribution is 2.26. The first-order chi connectivity index (χ1) is 12.5. The maximum absolute atomic E-state index is 12.3. The van der Waals surface area contributed by atoms with Crippen molar-refractivity contribution >= 4 is 62.1 Å². The van der Waals surface area contributed by atoms with E-state index >= 15 is 0 Å². The number of benzene rings is 2. The molecule has 1 aliphatic rings. The molecule has 0 aliphatic carbocycles. The zero-order chi connectivity index (χ0) is 18.7. The van der Waals surface area contributed by atoms with Crippen LogP contribution in [0.15, 0.2) is 46.9 Å². The van der Waals surface area contributed by atoms with Crippen LogP contribution in [-0.4, -0.2) is 35.8 Å². The Morgan fingerprint density at radius 2 is 1.73 bits per heavy atom. The van der Waals surface area contributed by atoms with E-state index < -0.39 is 0 Å². The molecule has 0 unspecified atom stereocenters. The van der Waals surface area contributed by atoms with E-state index in [0.717, 1.165) is 8.04 Å². The third kappa shape index (κ3) is 4.24. The van der Waals surface area contributed by atoms with Crippen molar-refractivity contribution in [2.24, 2.45) is 0 Å². The second kappa shape index (κ2) is 8.17. The molecule has 4 amide bonds. The van der Waals surface area contributed by atoms with Gasteiger partial charge in [-0.25, -0.2) is 4.79 Å². The van der Waals surface area contributed by atoms with Gasteiger partial charge in [-0.2, -0.15) is 0 Å². The highest BCUT2D eigenvalue weighted by Gasteiger charge is 2.34. The van der Waals surface area contributed by atoms with Gasteiger partial charge in [0.2, 0.25) is 0 Å². The summed E-state index contributed by atoms with van der Waals surface area (Å²) in [7, 11) is 0. The Morgan fingerprint density at radius 3 is 2.46 bits per heavy atom. The second-order valence-corrected chi connectivity index (χ2v) is 7.85. The summed E-state index contributed by atoms with van der Waals surface area (Å²) in [4.78, 5) is 37.7. The van der Waals surface area contributed by atoms with E-state index in [-0.39, 0.29) is 24.4 Å². The van der Waals surface area contributed by atoms with Crippen molar-refractivity contribution < 1.29 is 14.4 Å². The molecule has 2 aromatic carbocycles. The molecular formula is C18H15BrIN3O3. The predicted molar refractivity (Wildman–Crippen MR) is 110 cm³/mol. The molecule has 8 heteroatoms. The first kappa shape index (κ1) is 18.8. The van der Waals surface area contributed by atoms with Gasteiger partial charge in [-0.05, 0) is 71.5 Å². The van der Waals surface area contributed by atoms with Gasteiger partial charge in [-0.15, -0.1) is 0 Å². The summed E-state index contributed by atoms with van der Waals surface area (Å²) in [6.45, 7) is 0.612. The number of anilines is 1. The molecule has 26 heavy (non-hydrogen) atoms. The molecule has 1 aliphatic heterocycles. The van der Waals surface area contributed by atoms with Crippen LogP contribution in [0.1, 0.15) is 27.1 Å². The van der Waals surface area contributed by atoms with Crippen LogP contribution in [0.3, 0.4) is 0 Å². The molecule has 0 radical (unpaired) electrons. The molecule has 0 fully saturated rings. The highest BCUT2D eigenvalue weighted by molar-refractivity contribution is 14.1. The van der Waals surface area contributed by atoms with Gasteiger partial charge < -0.3 is 10.6 Å². The summed E-state index contributed by atoms with van der Waals surface area (Å²) in [6.07, 6.45) is 0.479. The quantitative estimate of drug-likeness (QED) is 0.352. The van der Waals surface area contributed by atoms with Crippen LogP contribution >= 0.6 is 38.5 Å². The Hall–Kier alpha value is -1.94. The zero-order valence-electron chi connectivity index (χ0n) is 13.6. The van der Waals surface area contributed by atoms with E-state index in [4.69, 9.17) is 0 Å². The summed E-state index contributed by atoms with van der Waals surface area (Å²) in [5.41, 5.74) is 1.53. The molecule has 0 atom stereocenters. The molecule has 2 aromatic rings. The standard InChI is InChI=1S/C18H15BrIN3O3/c19-11-2-7-14-15(10-11)17(25)23(16(14)24)9-1-8-21-18(26)22-13-5-3-12(20)4-6-13/h2-7,10H,1,8-9H2,(H2,21,22,26). The van der Waals surface area contributed by atoms with Crippen LogP contribution in [0.5, 0.6) is 0 Å². The molecule has 3 rings (SSSR count). The molecule has 0 aromatic heterocycles. The number of hydrogen-bond donors (Lipinski definition) is 2. The molecule has 134 valence electrons. The van der Waals surface area contributed by atoms with Gasteiger partial charge >= 0.3 is 6.03 Å². The molecular weight excluding hydrogens is 513 g/mol. The van der Waals surface area contributed by atoms with Crippen LogP contribution in [-0.2, 0) is 0 Å². The largest absolute Gasteiger partial charge is 0.338 e. The number of imide groups is 1. The van der Waals surface area contributed by atoms with E-state index in [2.05, 4.69) is 49.2 Å². The first-order valence-electron chi connectivity index (χ1n) is 7.92. The Morgan fingerprint density at radius 1 is 1.04 bits per heavy atom. The predicted octanol–water partition coefficient (Wildman–Crippen LogP) is 3.86. The van der Waals surface area contributed by atoms with Gasteiger partial charge in [-0.3, -0.25) is 14.5 Å². The van der Waals surface area contributed by atoms with E-state index in [1.54, 1.807) is 18.2 Å². The lowest BCUT2D eigenvalue weighted by atomic mass is 10.1. The lowest BCUT2D eigenvalue weighted by molar-refractivity contribution is 0.0653. The molecule has 2 N–H and O–H groups in total. The van der Waals surface area contributed by atoms with Gasteiger partial charge in [0.25, 0.3) is 11.8 Å². The van der Waals surface area contributed by atoms with E-state index in [9.17, 15) is 14.4 Å². The number of urea groups is 1. The maximum Gasteiger partial charge on any atom is 0.319 e. The third-order valence-electron chi connectivity index (χ3n) is 3.88. The Labute approximate surface area is 172 Å². The number of carbonyl (C=O) groups is 3. The first-order valence-corrected chi connectivity index (χ1v) is 9.79. The minimum absolute atomic E-state index is 0.258. The normalized spacial score (nSPS) is 12.9. The number of carbonyl (C=O) groups excluding carboxylic acids is 3. The lowest BCUT2D eigenvalue weighted by Gasteiger charge is -2.14. The summed E-state index contributed by atoms with van der Waals surface area (Å²) < 4.78 is 1.84. The van der Waals surface area contributed by atoms with E-state index in [1.807, 2.05) is 24.3 Å². The number of nitrogens with zero attached hydrogens (tertiary/aromatic N) is 1. The van der Waals surface area contributed by atoms with E-state index in [0.29, 0.717) is 29.8 Å². The number of amides is 4. The monoisotopic (exact) mass is 527 g/mol. The molecule has 0 bridgehead atoms. The van der Waals surface area contributed by atoms with Gasteiger partial charge in [0.1, 0.15) is 0 Å². The molecule has 0 spiro atoms. The Kier molecular flexibility index (Phi) is 5.92. The van der Waals surface area contributed by atoms with E-state index in [1.165, 1.54) is 4.90 Å². The Balaban J connectivity index is 1.47. The van der Waals surface area contributed by atoms with Crippen molar-refractivity contribution in [2.75, 3.05) is 18.4 Å². The summed E-state index contributed by atoms with van der Waals surface area (Å²) in [6, 6.07) is 12.2. The van der Waals surface area contributed by atoms with Crippen LogP contribution in [0, 0.1) is 3.57 Å². The van der Waals surface area contributed by atoms with Crippen LogP contribution < -0.4 is 10.6 Å². The molecule has 6 nitrogen and oxygen atoms in total. The number of fused-ring (bicyclic) bond motifs is 1.